The van der Waals surface area contributed by atoms with Crippen molar-refractivity contribution in [3.63, 3.8) is 0 Å². The molecule has 0 aliphatic rings. The smallest absolute Gasteiger partial charge is 0.277 e. The van der Waals surface area contributed by atoms with Crippen LogP contribution in [0.5, 0.6) is 0 Å². The van der Waals surface area contributed by atoms with Gasteiger partial charge in [0, 0.05) is 18.0 Å². The van der Waals surface area contributed by atoms with E-state index in [1.54, 1.807) is 27.7 Å². The summed E-state index contributed by atoms with van der Waals surface area (Å²) in [6.07, 6.45) is 0. The second kappa shape index (κ2) is 5.20. The van der Waals surface area contributed by atoms with Crippen molar-refractivity contribution < 1.29 is 8.42 Å². The average Bonchev–Trinajstić information content (AvgIpc) is 1.95. The van der Waals surface area contributed by atoms with Crippen LogP contribution in [0.1, 0.15) is 27.7 Å². The molecule has 0 heterocycles. The van der Waals surface area contributed by atoms with Gasteiger partial charge in [0.15, 0.2) is 0 Å². The van der Waals surface area contributed by atoms with Gasteiger partial charge < -0.3 is 5.73 Å². The second-order valence-electron chi connectivity index (χ2n) is 4.51. The van der Waals surface area contributed by atoms with Gasteiger partial charge in [-0.05, 0) is 20.8 Å². The fourth-order valence-electron chi connectivity index (χ4n) is 0.774. The summed E-state index contributed by atoms with van der Waals surface area (Å²) in [4.78, 5) is 0.299. The lowest BCUT2D eigenvalue weighted by Gasteiger charge is -2.21. The molecule has 0 aromatic heterocycles. The zero-order chi connectivity index (χ0) is 12.3. The van der Waals surface area contributed by atoms with Crippen molar-refractivity contribution in [2.45, 2.75) is 33.2 Å². The van der Waals surface area contributed by atoms with Crippen LogP contribution in [0, 0.1) is 5.92 Å². The van der Waals surface area contributed by atoms with Crippen LogP contribution in [-0.2, 0) is 10.2 Å². The summed E-state index contributed by atoms with van der Waals surface area (Å²) in [5, 5.41) is 0. The predicted molar refractivity (Wildman–Crippen MR) is 65.8 cm³/mol. The molecule has 0 fully saturated rings. The summed E-state index contributed by atoms with van der Waals surface area (Å²) >= 11 is 4.74. The summed E-state index contributed by atoms with van der Waals surface area (Å²) < 4.78 is 27.8. The van der Waals surface area contributed by atoms with Gasteiger partial charge in [-0.2, -0.15) is 13.1 Å². The molecule has 0 aliphatic heterocycles. The third kappa shape index (κ3) is 7.66. The monoisotopic (exact) mass is 253 g/mol. The van der Waals surface area contributed by atoms with Crippen molar-refractivity contribution in [2.75, 3.05) is 6.54 Å². The third-order valence-corrected chi connectivity index (χ3v) is 3.34. The third-order valence-electron chi connectivity index (χ3n) is 1.51. The summed E-state index contributed by atoms with van der Waals surface area (Å²) in [6.45, 7) is 7.28. The molecule has 0 saturated heterocycles. The lowest BCUT2D eigenvalue weighted by Crippen LogP contribution is -2.48. The topological polar surface area (TPSA) is 84.2 Å². The average molecular weight is 253 g/mol. The standard InChI is InChI=1S/C8H19N3O2S2/c1-6(7(9)14)5-10-15(12,13)11-8(2,3)4/h6,10-11H,5H2,1-4H3,(H2,9,14). The van der Waals surface area contributed by atoms with Gasteiger partial charge in [0.1, 0.15) is 0 Å². The maximum Gasteiger partial charge on any atom is 0.277 e. The number of thiocarbonyl (C=S) groups is 1. The molecule has 0 saturated carbocycles. The molecule has 4 N–H and O–H groups in total. The van der Waals surface area contributed by atoms with E-state index >= 15 is 0 Å². The van der Waals surface area contributed by atoms with Crippen molar-refractivity contribution in [3.8, 4) is 0 Å². The van der Waals surface area contributed by atoms with Crippen molar-refractivity contribution in [3.05, 3.63) is 0 Å². The van der Waals surface area contributed by atoms with Crippen LogP contribution >= 0.6 is 12.2 Å². The Morgan fingerprint density at radius 3 is 2.27 bits per heavy atom. The number of rotatable bonds is 5. The van der Waals surface area contributed by atoms with E-state index in [-0.39, 0.29) is 12.5 Å². The quantitative estimate of drug-likeness (QED) is 0.608. The Hall–Kier alpha value is -0.240. The van der Waals surface area contributed by atoms with E-state index in [1.165, 1.54) is 0 Å². The van der Waals surface area contributed by atoms with E-state index in [1.807, 2.05) is 0 Å². The molecule has 0 bridgehead atoms. The summed E-state index contributed by atoms with van der Waals surface area (Å²) in [7, 11) is -3.48. The summed E-state index contributed by atoms with van der Waals surface area (Å²) in [6, 6.07) is 0. The molecule has 0 aromatic rings. The molecule has 5 nitrogen and oxygen atoms in total. The molecule has 1 unspecified atom stereocenters. The van der Waals surface area contributed by atoms with E-state index in [0.29, 0.717) is 4.99 Å². The first-order valence-corrected chi connectivity index (χ1v) is 6.50. The number of nitrogens with two attached hydrogens (primary N) is 1. The number of hydrogen-bond acceptors (Lipinski definition) is 3. The van der Waals surface area contributed by atoms with Crippen LogP contribution in [0.25, 0.3) is 0 Å². The summed E-state index contributed by atoms with van der Waals surface area (Å²) in [5.41, 5.74) is 4.87. The van der Waals surface area contributed by atoms with Crippen LogP contribution in [0.4, 0.5) is 0 Å². The Kier molecular flexibility index (Phi) is 5.12. The molecule has 15 heavy (non-hydrogen) atoms. The number of hydrogen-bond donors (Lipinski definition) is 3. The Morgan fingerprint density at radius 1 is 1.47 bits per heavy atom. The van der Waals surface area contributed by atoms with Gasteiger partial charge in [-0.1, -0.05) is 19.1 Å². The molecule has 7 heteroatoms. The van der Waals surface area contributed by atoms with Crippen LogP contribution in [-0.4, -0.2) is 25.5 Å². The van der Waals surface area contributed by atoms with Crippen molar-refractivity contribution in [1.29, 1.82) is 0 Å². The van der Waals surface area contributed by atoms with Gasteiger partial charge in [0.05, 0.1) is 4.99 Å². The Bertz CT molecular complexity index is 319. The maximum atomic E-state index is 11.5. The van der Waals surface area contributed by atoms with Crippen LogP contribution in [0.3, 0.4) is 0 Å². The molecule has 0 rings (SSSR count). The Morgan fingerprint density at radius 2 is 1.93 bits per heavy atom. The van der Waals surface area contributed by atoms with E-state index in [4.69, 9.17) is 18.0 Å². The van der Waals surface area contributed by atoms with E-state index < -0.39 is 15.7 Å². The normalized spacial score (nSPS) is 14.9. The van der Waals surface area contributed by atoms with Crippen LogP contribution in [0.2, 0.25) is 0 Å². The fraction of sp³-hybridized carbons (Fsp3) is 0.875. The molecule has 0 spiro atoms. The molecule has 90 valence electrons. The lowest BCUT2D eigenvalue weighted by atomic mass is 10.1. The van der Waals surface area contributed by atoms with Gasteiger partial charge in [-0.15, -0.1) is 0 Å². The van der Waals surface area contributed by atoms with Crippen molar-refractivity contribution in [1.82, 2.24) is 9.44 Å². The van der Waals surface area contributed by atoms with Gasteiger partial charge >= 0.3 is 0 Å². The molecule has 1 atom stereocenters. The first-order chi connectivity index (χ1) is 6.53. The van der Waals surface area contributed by atoms with Gasteiger partial charge in [-0.3, -0.25) is 0 Å². The SMILES string of the molecule is CC(CNS(=O)(=O)NC(C)(C)C)C(N)=S. The van der Waals surface area contributed by atoms with Crippen molar-refractivity contribution >= 4 is 27.4 Å². The molecule has 0 amide bonds. The minimum absolute atomic E-state index is 0.156. The highest BCUT2D eigenvalue weighted by atomic mass is 32.2. The largest absolute Gasteiger partial charge is 0.393 e. The van der Waals surface area contributed by atoms with E-state index in [0.717, 1.165) is 0 Å². The lowest BCUT2D eigenvalue weighted by molar-refractivity contribution is 0.482. The van der Waals surface area contributed by atoms with Crippen LogP contribution in [0.15, 0.2) is 0 Å². The molecule has 0 aromatic carbocycles. The number of nitrogens with one attached hydrogen (secondary N) is 2. The summed E-state index contributed by atoms with van der Waals surface area (Å²) in [5.74, 6) is -0.156. The Labute approximate surface area is 97.0 Å². The minimum Gasteiger partial charge on any atom is -0.393 e. The molecular weight excluding hydrogens is 234 g/mol. The van der Waals surface area contributed by atoms with E-state index in [9.17, 15) is 8.42 Å². The highest BCUT2D eigenvalue weighted by Crippen LogP contribution is 2.01. The fourth-order valence-corrected chi connectivity index (χ4v) is 2.21. The van der Waals surface area contributed by atoms with Gasteiger partial charge in [-0.25, -0.2) is 4.72 Å². The molecular formula is C8H19N3O2S2. The molecule has 0 aliphatic carbocycles. The van der Waals surface area contributed by atoms with E-state index in [2.05, 4.69) is 9.44 Å². The molecule has 0 radical (unpaired) electrons. The highest BCUT2D eigenvalue weighted by Gasteiger charge is 2.20. The highest BCUT2D eigenvalue weighted by molar-refractivity contribution is 7.87. The van der Waals surface area contributed by atoms with Crippen molar-refractivity contribution in [2.24, 2.45) is 11.7 Å². The second-order valence-corrected chi connectivity index (χ2v) is 6.48. The first kappa shape index (κ1) is 14.8. The Balaban J connectivity index is 4.24. The first-order valence-electron chi connectivity index (χ1n) is 4.61. The zero-order valence-corrected chi connectivity index (χ0v) is 11.1. The maximum absolute atomic E-state index is 11.5. The minimum atomic E-state index is -3.48. The predicted octanol–water partition coefficient (Wildman–Crippen LogP) is 0.131. The van der Waals surface area contributed by atoms with Gasteiger partial charge in [0.25, 0.3) is 10.2 Å². The van der Waals surface area contributed by atoms with Crippen LogP contribution < -0.4 is 15.2 Å². The zero-order valence-electron chi connectivity index (χ0n) is 9.49. The van der Waals surface area contributed by atoms with Gasteiger partial charge in [0.2, 0.25) is 0 Å².